The molecule has 18 nitrogen and oxygen atoms in total. The van der Waals surface area contributed by atoms with E-state index in [-0.39, 0.29) is 58.9 Å². The summed E-state index contributed by atoms with van der Waals surface area (Å²) in [4.78, 5) is 89.0. The van der Waals surface area contributed by atoms with Crippen LogP contribution in [0, 0.1) is 5.41 Å². The molecule has 0 radical (unpaired) electrons. The van der Waals surface area contributed by atoms with Gasteiger partial charge < -0.3 is 29.5 Å². The van der Waals surface area contributed by atoms with Crippen molar-refractivity contribution in [3.8, 4) is 17.0 Å². The average Bonchev–Trinajstić information content (AvgIpc) is 3.96. The molecule has 5 atom stereocenters. The van der Waals surface area contributed by atoms with Crippen LogP contribution in [0.15, 0.2) is 67.1 Å². The van der Waals surface area contributed by atoms with Crippen LogP contribution in [-0.4, -0.2) is 128 Å². The van der Waals surface area contributed by atoms with Crippen molar-refractivity contribution in [1.82, 2.24) is 34.6 Å². The molecule has 6 aliphatic rings. The summed E-state index contributed by atoms with van der Waals surface area (Å²) in [6, 6.07) is 14.2. The maximum absolute atomic E-state index is 14.2. The van der Waals surface area contributed by atoms with Crippen molar-refractivity contribution in [2.75, 3.05) is 59.8 Å². The number of aliphatic hydroxyl groups excluding tert-OH is 1. The van der Waals surface area contributed by atoms with Gasteiger partial charge >= 0.3 is 0 Å². The van der Waals surface area contributed by atoms with E-state index in [2.05, 4.69) is 67.6 Å². The molecule has 2 unspecified atom stereocenters. The van der Waals surface area contributed by atoms with Gasteiger partial charge in [0.2, 0.25) is 17.7 Å². The second-order valence-electron chi connectivity index (χ2n) is 21.0. The highest BCUT2D eigenvalue weighted by Crippen LogP contribution is 2.42. The number of anilines is 5. The lowest BCUT2D eigenvalue weighted by Crippen LogP contribution is -2.58. The zero-order valence-electron chi connectivity index (χ0n) is 44.1. The minimum absolute atomic E-state index is 0.0653. The number of aliphatic hydroxyl groups is 1. The van der Waals surface area contributed by atoms with E-state index in [0.717, 1.165) is 68.1 Å². The monoisotopic (exact) mass is 978 g/mol. The third-order valence-electron chi connectivity index (χ3n) is 15.6. The van der Waals surface area contributed by atoms with E-state index in [4.69, 9.17) is 13.8 Å². The van der Waals surface area contributed by atoms with Gasteiger partial charge in [0.1, 0.15) is 29.1 Å². The molecule has 4 aromatic heterocycles. The van der Waals surface area contributed by atoms with Gasteiger partial charge in [-0.1, -0.05) is 13.8 Å². The number of nitrogens with one attached hydrogen (secondary N) is 2. The topological polar surface area (TPSA) is 199 Å². The Kier molecular flexibility index (Phi) is 11.0. The van der Waals surface area contributed by atoms with Crippen LogP contribution in [0.25, 0.3) is 11.1 Å². The summed E-state index contributed by atoms with van der Waals surface area (Å²) < 4.78 is 31.2. The first-order valence-corrected chi connectivity index (χ1v) is 25.0. The van der Waals surface area contributed by atoms with Crippen molar-refractivity contribution in [3.05, 3.63) is 101 Å². The third-order valence-corrected chi connectivity index (χ3v) is 15.6. The predicted octanol–water partition coefficient (Wildman–Crippen LogP) is 5.90. The van der Waals surface area contributed by atoms with Crippen LogP contribution >= 0.6 is 0 Å². The SMILES string of the molecule is [2H]C([2H])([2H])Oc1ncc(-c2ccnc(N3CCn4c(cc5c4CC(C)(C)C5)C3=O)c2[C@H](C)O)cc1Nc1ccc(N2CCN(C3CCN(c4ccc5c(c4)C(=O)N(C4CCC(=O)NC4=O)C5=O)[C@H](C)C3)C[C@@H]2C)cn1. The summed E-state index contributed by atoms with van der Waals surface area (Å²) in [5.74, 6) is -1.65. The maximum atomic E-state index is 14.2. The van der Waals surface area contributed by atoms with E-state index in [1.807, 2.05) is 24.3 Å². The molecule has 1 aliphatic carbocycles. The Bertz CT molecular complexity index is 3160. The number of pyridine rings is 3. The molecule has 11 rings (SSSR count). The molecule has 0 bridgehead atoms. The summed E-state index contributed by atoms with van der Waals surface area (Å²) in [6.07, 6.45) is 7.63. The number of hydrogen-bond donors (Lipinski definition) is 3. The van der Waals surface area contributed by atoms with Crippen molar-refractivity contribution in [2.45, 2.75) is 110 Å². The number of benzene rings is 1. The molecule has 18 heteroatoms. The number of piperidine rings is 2. The lowest BCUT2D eigenvalue weighted by Gasteiger charge is -2.48. The van der Waals surface area contributed by atoms with E-state index in [9.17, 15) is 29.1 Å². The highest BCUT2D eigenvalue weighted by molar-refractivity contribution is 6.23. The van der Waals surface area contributed by atoms with Crippen molar-refractivity contribution >= 4 is 58.2 Å². The van der Waals surface area contributed by atoms with E-state index in [1.54, 1.807) is 48.5 Å². The summed E-state index contributed by atoms with van der Waals surface area (Å²) in [5.41, 5.74) is 7.27. The molecule has 72 heavy (non-hydrogen) atoms. The van der Waals surface area contributed by atoms with Crippen molar-refractivity contribution in [1.29, 1.82) is 0 Å². The van der Waals surface area contributed by atoms with E-state index >= 15 is 0 Å². The van der Waals surface area contributed by atoms with Gasteiger partial charge in [0.05, 0.1) is 40.3 Å². The number of imide groups is 2. The highest BCUT2D eigenvalue weighted by atomic mass is 16.5. The molecule has 0 spiro atoms. The molecule has 1 aromatic carbocycles. The molecule has 3 saturated heterocycles. The lowest BCUT2D eigenvalue weighted by molar-refractivity contribution is -0.136. The van der Waals surface area contributed by atoms with Gasteiger partial charge in [0.25, 0.3) is 17.7 Å². The number of ether oxygens (including phenoxy) is 1. The number of amides is 5. The first-order chi connectivity index (χ1) is 35.7. The highest BCUT2D eigenvalue weighted by Gasteiger charge is 2.45. The number of nitrogens with zero attached hydrogens (tertiary/aromatic N) is 9. The van der Waals surface area contributed by atoms with E-state index in [1.165, 1.54) is 17.5 Å². The second kappa shape index (κ2) is 18.1. The molecule has 5 aliphatic heterocycles. The minimum Gasteiger partial charge on any atom is -0.480 e. The van der Waals surface area contributed by atoms with Crippen LogP contribution in [0.5, 0.6) is 5.88 Å². The number of hydrogen-bond acceptors (Lipinski definition) is 14. The van der Waals surface area contributed by atoms with Gasteiger partial charge in [-0.05, 0) is 118 Å². The number of aromatic nitrogens is 4. The van der Waals surface area contributed by atoms with Gasteiger partial charge in [0, 0.05) is 98.7 Å². The largest absolute Gasteiger partial charge is 0.480 e. The molecule has 3 N–H and O–H groups in total. The first-order valence-electron chi connectivity index (χ1n) is 26.5. The van der Waals surface area contributed by atoms with Crippen molar-refractivity contribution in [3.63, 3.8) is 0 Å². The van der Waals surface area contributed by atoms with E-state index < -0.39 is 42.8 Å². The number of rotatable bonds is 10. The quantitative estimate of drug-likeness (QED) is 0.140. The molecule has 0 saturated carbocycles. The minimum atomic E-state index is -2.80. The molecule has 9 heterocycles. The molecule has 3 fully saturated rings. The van der Waals surface area contributed by atoms with Gasteiger partial charge in [-0.25, -0.2) is 15.0 Å². The maximum Gasteiger partial charge on any atom is 0.276 e. The lowest BCUT2D eigenvalue weighted by atomic mass is 9.90. The molecule has 374 valence electrons. The van der Waals surface area contributed by atoms with Gasteiger partial charge in [-0.15, -0.1) is 0 Å². The van der Waals surface area contributed by atoms with Crippen LogP contribution in [0.2, 0.25) is 0 Å². The number of fused-ring (bicyclic) bond motifs is 4. The number of carbonyl (C=O) groups excluding carboxylic acids is 5. The van der Waals surface area contributed by atoms with Crippen molar-refractivity contribution in [2.24, 2.45) is 5.41 Å². The first kappa shape index (κ1) is 43.6. The fraction of sp³-hybridized carbons (Fsp3) is 0.444. The van der Waals surface area contributed by atoms with Crippen molar-refractivity contribution < 1.29 is 37.9 Å². The molecular weight excluding hydrogens is 915 g/mol. The van der Waals surface area contributed by atoms with Crippen LogP contribution in [0.3, 0.4) is 0 Å². The summed E-state index contributed by atoms with van der Waals surface area (Å²) in [5, 5.41) is 16.8. The zero-order valence-corrected chi connectivity index (χ0v) is 41.1. The summed E-state index contributed by atoms with van der Waals surface area (Å²) in [7, 11) is -2.80. The number of methoxy groups -OCH3 is 1. The Balaban J connectivity index is 0.753. The summed E-state index contributed by atoms with van der Waals surface area (Å²) in [6.45, 7) is 14.7. The standard InChI is InChI=1S/C54H61N11O7/c1-30-21-35(14-16-61(30)36-7-9-39-40(24-36)52(70)65(51(39)69)42-10-12-46(67)59-49(42)68)60-17-18-62(31(2)29-60)37-8-11-45(56-28-37)58-41-22-34(27-57-50(41)72-6)38-13-15-55-48(47(38)32(3)66)64-20-19-63-43(53(64)71)23-33-25-54(4,5)26-44(33)63/h7-9,11,13,15,22-24,27-28,30-32,35,42,66H,10,12,14,16-21,25-26,29H2,1-6H3,(H,56,58)(H,59,67,68)/t30-,31+,32+,35?,42?/m1/s1/i6D3. The zero-order chi connectivity index (χ0) is 52.8. The fourth-order valence-corrected chi connectivity index (χ4v) is 12.2. The van der Waals surface area contributed by atoms with Crippen LogP contribution in [0.1, 0.15) is 119 Å². The van der Waals surface area contributed by atoms with Gasteiger partial charge in [-0.2, -0.15) is 0 Å². The average molecular weight is 979 g/mol. The Morgan fingerprint density at radius 2 is 1.64 bits per heavy atom. The van der Waals surface area contributed by atoms with Crippen LogP contribution in [-0.2, 0) is 29.0 Å². The van der Waals surface area contributed by atoms with Crippen LogP contribution < -0.4 is 30.1 Å². The smallest absolute Gasteiger partial charge is 0.276 e. The number of piperazine rings is 1. The molecular formula is C54H61N11O7. The van der Waals surface area contributed by atoms with E-state index in [0.29, 0.717) is 53.2 Å². The summed E-state index contributed by atoms with van der Waals surface area (Å²) >= 11 is 0. The fourth-order valence-electron chi connectivity index (χ4n) is 12.2. The predicted molar refractivity (Wildman–Crippen MR) is 271 cm³/mol. The number of carbonyl (C=O) groups is 5. The Morgan fingerprint density at radius 3 is 2.39 bits per heavy atom. The normalized spacial score (nSPS) is 24.3. The Labute approximate surface area is 422 Å². The van der Waals surface area contributed by atoms with Gasteiger partial charge in [0.15, 0.2) is 0 Å². The van der Waals surface area contributed by atoms with Crippen LogP contribution in [0.4, 0.5) is 28.7 Å². The van der Waals surface area contributed by atoms with Gasteiger partial charge in [-0.3, -0.25) is 44.0 Å². The third kappa shape index (κ3) is 8.23. The molecule has 5 aromatic rings. The molecule has 5 amide bonds. The second-order valence-corrected chi connectivity index (χ2v) is 21.0. The Hall–Kier alpha value is -7.18. The Morgan fingerprint density at radius 1 is 0.833 bits per heavy atom.